The Labute approximate surface area is 163 Å². The average Bonchev–Trinajstić information content (AvgIpc) is 2.88. The van der Waals surface area contributed by atoms with Gasteiger partial charge in [0.2, 0.25) is 11.9 Å². The van der Waals surface area contributed by atoms with Crippen LogP contribution in [0.2, 0.25) is 0 Å². The largest absolute Gasteiger partial charge is 0.508 e. The van der Waals surface area contributed by atoms with Crippen molar-refractivity contribution in [1.82, 2.24) is 15.0 Å². The molecule has 0 saturated heterocycles. The van der Waals surface area contributed by atoms with Crippen LogP contribution in [0.15, 0.2) is 55.0 Å². The number of amides is 1. The fraction of sp³-hybridized carbons (Fsp3) is 0.238. The van der Waals surface area contributed by atoms with Gasteiger partial charge < -0.3 is 10.4 Å². The molecule has 3 aromatic rings. The Balaban J connectivity index is 1.75. The maximum atomic E-state index is 13.2. The molecule has 1 aliphatic heterocycles. The fourth-order valence-corrected chi connectivity index (χ4v) is 3.43. The number of nitrogens with zero attached hydrogens (tertiary/aromatic N) is 4. The summed E-state index contributed by atoms with van der Waals surface area (Å²) in [5.41, 5.74) is 1.64. The second kappa shape index (κ2) is 6.60. The number of rotatable bonds is 4. The standard InChI is InChI=1S/C21H21N5O2/c1-13(14-6-4-8-16(27)10-14)26-18-17(21(2,3)19(26)28)12-23-20(25-18)24-15-7-5-9-22-11-15/h4-13,27H,1-3H3,(H,23,24,25)/t13-/m0/s1. The van der Waals surface area contributed by atoms with Crippen LogP contribution >= 0.6 is 0 Å². The topological polar surface area (TPSA) is 91.2 Å². The number of aromatic hydroxyl groups is 1. The van der Waals surface area contributed by atoms with Gasteiger partial charge in [-0.25, -0.2) is 4.98 Å². The molecule has 0 aliphatic carbocycles. The van der Waals surface area contributed by atoms with E-state index in [0.717, 1.165) is 16.8 Å². The van der Waals surface area contributed by atoms with Crippen LogP contribution in [0.1, 0.15) is 37.9 Å². The van der Waals surface area contributed by atoms with Crippen LogP contribution in [0.3, 0.4) is 0 Å². The van der Waals surface area contributed by atoms with Crippen molar-refractivity contribution in [3.63, 3.8) is 0 Å². The number of hydrogen-bond acceptors (Lipinski definition) is 6. The van der Waals surface area contributed by atoms with E-state index in [4.69, 9.17) is 0 Å². The Bertz CT molecular complexity index is 1040. The number of nitrogens with one attached hydrogen (secondary N) is 1. The molecule has 0 saturated carbocycles. The molecule has 0 spiro atoms. The van der Waals surface area contributed by atoms with Crippen LogP contribution in [0, 0.1) is 0 Å². The average molecular weight is 375 g/mol. The van der Waals surface area contributed by atoms with Crippen molar-refractivity contribution >= 4 is 23.4 Å². The highest BCUT2D eigenvalue weighted by Gasteiger charge is 2.47. The molecule has 0 radical (unpaired) electrons. The van der Waals surface area contributed by atoms with Gasteiger partial charge in [0, 0.05) is 18.0 Å². The number of phenols is 1. The first-order chi connectivity index (χ1) is 13.4. The molecule has 3 heterocycles. The monoisotopic (exact) mass is 375 g/mol. The SMILES string of the molecule is C[C@@H](c1cccc(O)c1)N1C(=O)C(C)(C)c2cnc(Nc3cccnc3)nc21. The lowest BCUT2D eigenvalue weighted by atomic mass is 9.88. The lowest BCUT2D eigenvalue weighted by Crippen LogP contribution is -2.38. The Morgan fingerprint density at radius 2 is 2.00 bits per heavy atom. The summed E-state index contributed by atoms with van der Waals surface area (Å²) in [6.07, 6.45) is 5.07. The van der Waals surface area contributed by atoms with Crippen LogP contribution in [0.4, 0.5) is 17.5 Å². The molecule has 4 rings (SSSR count). The Morgan fingerprint density at radius 3 is 2.71 bits per heavy atom. The highest BCUT2D eigenvalue weighted by atomic mass is 16.3. The molecule has 1 amide bonds. The van der Waals surface area contributed by atoms with Gasteiger partial charge in [0.05, 0.1) is 23.3 Å². The van der Waals surface area contributed by atoms with Crippen molar-refractivity contribution in [2.24, 2.45) is 0 Å². The number of phenolic OH excluding ortho intramolecular Hbond substituents is 1. The van der Waals surface area contributed by atoms with Crippen LogP contribution in [0.25, 0.3) is 0 Å². The summed E-state index contributed by atoms with van der Waals surface area (Å²) in [7, 11) is 0. The van der Waals surface area contributed by atoms with Crippen molar-refractivity contribution in [1.29, 1.82) is 0 Å². The smallest absolute Gasteiger partial charge is 0.239 e. The number of hydrogen-bond donors (Lipinski definition) is 2. The molecule has 0 unspecified atom stereocenters. The van der Waals surface area contributed by atoms with Crippen molar-refractivity contribution in [2.75, 3.05) is 10.2 Å². The lowest BCUT2D eigenvalue weighted by molar-refractivity contribution is -0.122. The first-order valence-electron chi connectivity index (χ1n) is 9.05. The first-order valence-corrected chi connectivity index (χ1v) is 9.05. The van der Waals surface area contributed by atoms with Gasteiger partial charge in [0.1, 0.15) is 11.6 Å². The summed E-state index contributed by atoms with van der Waals surface area (Å²) in [4.78, 5) is 28.0. The molecular formula is C21H21N5O2. The normalized spacial score (nSPS) is 16.0. The predicted molar refractivity (Wildman–Crippen MR) is 107 cm³/mol. The van der Waals surface area contributed by atoms with Crippen LogP contribution < -0.4 is 10.2 Å². The number of benzene rings is 1. The number of carbonyl (C=O) groups excluding carboxylic acids is 1. The maximum absolute atomic E-state index is 13.2. The Morgan fingerprint density at radius 1 is 1.18 bits per heavy atom. The summed E-state index contributed by atoms with van der Waals surface area (Å²) in [6.45, 7) is 5.68. The highest BCUT2D eigenvalue weighted by molar-refractivity contribution is 6.07. The van der Waals surface area contributed by atoms with Crippen LogP contribution in [-0.4, -0.2) is 26.0 Å². The maximum Gasteiger partial charge on any atom is 0.239 e. The second-order valence-electron chi connectivity index (χ2n) is 7.37. The van der Waals surface area contributed by atoms with E-state index in [0.29, 0.717) is 11.8 Å². The molecule has 2 aromatic heterocycles. The predicted octanol–water partition coefficient (Wildman–Crippen LogP) is 3.71. The van der Waals surface area contributed by atoms with Crippen LogP contribution in [0.5, 0.6) is 5.75 Å². The second-order valence-corrected chi connectivity index (χ2v) is 7.37. The molecule has 28 heavy (non-hydrogen) atoms. The minimum absolute atomic E-state index is 0.0498. The van der Waals surface area contributed by atoms with E-state index < -0.39 is 5.41 Å². The third-order valence-electron chi connectivity index (χ3n) is 5.08. The van der Waals surface area contributed by atoms with E-state index in [1.165, 1.54) is 0 Å². The molecule has 7 nitrogen and oxygen atoms in total. The molecule has 0 fully saturated rings. The molecule has 0 bridgehead atoms. The van der Waals surface area contributed by atoms with Gasteiger partial charge in [0.15, 0.2) is 0 Å². The highest BCUT2D eigenvalue weighted by Crippen LogP contribution is 2.44. The Kier molecular flexibility index (Phi) is 4.22. The summed E-state index contributed by atoms with van der Waals surface area (Å²) >= 11 is 0. The number of carbonyl (C=O) groups is 1. The van der Waals surface area contributed by atoms with E-state index in [2.05, 4.69) is 20.3 Å². The van der Waals surface area contributed by atoms with Crippen molar-refractivity contribution in [2.45, 2.75) is 32.2 Å². The van der Waals surface area contributed by atoms with Crippen molar-refractivity contribution in [3.05, 3.63) is 66.1 Å². The minimum Gasteiger partial charge on any atom is -0.508 e. The number of anilines is 3. The zero-order chi connectivity index (χ0) is 19.9. The molecule has 1 atom stereocenters. The van der Waals surface area contributed by atoms with E-state index >= 15 is 0 Å². The summed E-state index contributed by atoms with van der Waals surface area (Å²) < 4.78 is 0. The summed E-state index contributed by atoms with van der Waals surface area (Å²) in [5, 5.41) is 13.0. The van der Waals surface area contributed by atoms with E-state index in [-0.39, 0.29) is 17.7 Å². The molecular weight excluding hydrogens is 354 g/mol. The Hall–Kier alpha value is -3.48. The van der Waals surface area contributed by atoms with E-state index in [1.807, 2.05) is 39.0 Å². The lowest BCUT2D eigenvalue weighted by Gasteiger charge is -2.26. The molecule has 1 aromatic carbocycles. The fourth-order valence-electron chi connectivity index (χ4n) is 3.43. The van der Waals surface area contributed by atoms with Gasteiger partial charge in [-0.3, -0.25) is 14.7 Å². The third kappa shape index (κ3) is 2.94. The third-order valence-corrected chi connectivity index (χ3v) is 5.08. The zero-order valence-corrected chi connectivity index (χ0v) is 15.9. The summed E-state index contributed by atoms with van der Waals surface area (Å²) in [5.74, 6) is 1.08. The molecule has 142 valence electrons. The van der Waals surface area contributed by atoms with Gasteiger partial charge in [-0.2, -0.15) is 4.98 Å². The number of aromatic nitrogens is 3. The first kappa shape index (κ1) is 17.9. The van der Waals surface area contributed by atoms with Gasteiger partial charge >= 0.3 is 0 Å². The van der Waals surface area contributed by atoms with Crippen molar-refractivity contribution < 1.29 is 9.90 Å². The number of pyridine rings is 1. The van der Waals surface area contributed by atoms with Crippen LogP contribution in [-0.2, 0) is 10.2 Å². The molecule has 7 heteroatoms. The summed E-state index contributed by atoms with van der Waals surface area (Å²) in [6, 6.07) is 10.3. The van der Waals surface area contributed by atoms with E-state index in [1.54, 1.807) is 41.7 Å². The van der Waals surface area contributed by atoms with Gasteiger partial charge in [-0.05, 0) is 50.6 Å². The van der Waals surface area contributed by atoms with Gasteiger partial charge in [-0.15, -0.1) is 0 Å². The van der Waals surface area contributed by atoms with Crippen molar-refractivity contribution in [3.8, 4) is 5.75 Å². The minimum atomic E-state index is -0.729. The van der Waals surface area contributed by atoms with Gasteiger partial charge in [0.25, 0.3) is 0 Å². The van der Waals surface area contributed by atoms with E-state index in [9.17, 15) is 9.90 Å². The molecule has 2 N–H and O–H groups in total. The molecule has 1 aliphatic rings. The zero-order valence-electron chi connectivity index (χ0n) is 15.9. The quantitative estimate of drug-likeness (QED) is 0.722. The number of fused-ring (bicyclic) bond motifs is 1. The van der Waals surface area contributed by atoms with Gasteiger partial charge in [-0.1, -0.05) is 12.1 Å².